The Morgan fingerprint density at radius 1 is 1.30 bits per heavy atom. The van der Waals surface area contributed by atoms with Gasteiger partial charge in [0, 0.05) is 25.9 Å². The molecule has 0 amide bonds. The van der Waals surface area contributed by atoms with Crippen LogP contribution in [0.3, 0.4) is 0 Å². The van der Waals surface area contributed by atoms with Crippen molar-refractivity contribution in [2.24, 2.45) is 0 Å². The summed E-state index contributed by atoms with van der Waals surface area (Å²) in [7, 11) is -3.45. The number of hydrogen-bond acceptors (Lipinski definition) is 5. The first-order valence-electron chi connectivity index (χ1n) is 6.47. The van der Waals surface area contributed by atoms with E-state index in [1.54, 1.807) is 6.07 Å². The molecule has 3 rings (SSSR count). The van der Waals surface area contributed by atoms with E-state index in [0.29, 0.717) is 47.7 Å². The monoisotopic (exact) mass is 337 g/mol. The molecule has 0 radical (unpaired) electrons. The number of sulfonamides is 1. The third-order valence-electron chi connectivity index (χ3n) is 3.73. The van der Waals surface area contributed by atoms with E-state index < -0.39 is 15.8 Å². The van der Waals surface area contributed by atoms with Gasteiger partial charge in [-0.1, -0.05) is 11.6 Å². The molecule has 0 aliphatic carbocycles. The number of rotatable bonds is 2. The lowest BCUT2D eigenvalue weighted by Gasteiger charge is -2.36. The molecule has 1 spiro atoms. The Balaban J connectivity index is 1.76. The number of nitrogens with zero attached hydrogens (tertiary/aromatic N) is 1. The summed E-state index contributed by atoms with van der Waals surface area (Å²) < 4.78 is 38.7. The minimum absolute atomic E-state index is 0.309. The Bertz CT molecular complexity index is 577. The molecule has 0 atom stereocenters. The second kappa shape index (κ2) is 5.23. The van der Waals surface area contributed by atoms with E-state index in [4.69, 9.17) is 21.1 Å². The molecule has 5 nitrogen and oxygen atoms in total. The number of halogens is 1. The van der Waals surface area contributed by atoms with Gasteiger partial charge in [0.05, 0.1) is 17.6 Å². The van der Waals surface area contributed by atoms with Crippen molar-refractivity contribution in [2.45, 2.75) is 29.8 Å². The van der Waals surface area contributed by atoms with Crippen LogP contribution in [0.2, 0.25) is 4.34 Å². The topological polar surface area (TPSA) is 55.8 Å². The Morgan fingerprint density at radius 2 is 1.90 bits per heavy atom. The Kier molecular flexibility index (Phi) is 3.85. The molecule has 2 aliphatic rings. The second-order valence-electron chi connectivity index (χ2n) is 5.03. The van der Waals surface area contributed by atoms with Gasteiger partial charge in [0.1, 0.15) is 4.21 Å². The van der Waals surface area contributed by atoms with E-state index >= 15 is 0 Å². The first-order chi connectivity index (χ1) is 9.43. The number of hydrogen-bond donors (Lipinski definition) is 0. The maximum Gasteiger partial charge on any atom is 0.252 e. The van der Waals surface area contributed by atoms with Gasteiger partial charge in [0.25, 0.3) is 10.0 Å². The fraction of sp³-hybridized carbons (Fsp3) is 0.667. The summed E-state index contributed by atoms with van der Waals surface area (Å²) >= 11 is 7.08. The summed E-state index contributed by atoms with van der Waals surface area (Å²) in [4.78, 5) is 0. The zero-order valence-corrected chi connectivity index (χ0v) is 13.5. The summed E-state index contributed by atoms with van der Waals surface area (Å²) in [6.45, 7) is 3.82. The van der Waals surface area contributed by atoms with Gasteiger partial charge in [-0.15, -0.1) is 11.3 Å². The van der Waals surface area contributed by atoms with Crippen molar-refractivity contribution in [3.05, 3.63) is 16.0 Å². The van der Waals surface area contributed by atoms with Crippen LogP contribution in [0.1, 0.15) is 18.4 Å². The molecule has 0 saturated carbocycles. The number of thiophene rings is 1. The van der Waals surface area contributed by atoms with Crippen LogP contribution in [0.4, 0.5) is 0 Å². The van der Waals surface area contributed by atoms with E-state index in [-0.39, 0.29) is 0 Å². The van der Waals surface area contributed by atoms with Crippen LogP contribution in [0.15, 0.2) is 10.3 Å². The highest BCUT2D eigenvalue weighted by molar-refractivity contribution is 7.91. The fourth-order valence-corrected chi connectivity index (χ4v) is 5.84. The van der Waals surface area contributed by atoms with Gasteiger partial charge in [-0.2, -0.15) is 4.31 Å². The molecule has 1 aromatic rings. The molecule has 1 aromatic heterocycles. The van der Waals surface area contributed by atoms with Gasteiger partial charge >= 0.3 is 0 Å². The Hall–Kier alpha value is -0.180. The minimum Gasteiger partial charge on any atom is -0.347 e. The lowest BCUT2D eigenvalue weighted by molar-refractivity contribution is -0.179. The highest BCUT2D eigenvalue weighted by atomic mass is 35.5. The van der Waals surface area contributed by atoms with Gasteiger partial charge in [-0.3, -0.25) is 0 Å². The highest BCUT2D eigenvalue weighted by Crippen LogP contribution is 2.36. The van der Waals surface area contributed by atoms with Gasteiger partial charge in [0.15, 0.2) is 5.79 Å². The zero-order valence-electron chi connectivity index (χ0n) is 11.1. The van der Waals surface area contributed by atoms with E-state index in [0.717, 1.165) is 16.9 Å². The lowest BCUT2D eigenvalue weighted by Crippen LogP contribution is -2.47. The molecular formula is C12H16ClNO4S2. The van der Waals surface area contributed by atoms with Crippen molar-refractivity contribution >= 4 is 33.0 Å². The third kappa shape index (κ3) is 2.51. The Morgan fingerprint density at radius 3 is 2.40 bits per heavy atom. The highest BCUT2D eigenvalue weighted by Gasteiger charge is 2.42. The van der Waals surface area contributed by atoms with Crippen LogP contribution < -0.4 is 0 Å². The number of ether oxygens (including phenoxy) is 2. The van der Waals surface area contributed by atoms with E-state index in [9.17, 15) is 8.42 Å². The molecule has 0 unspecified atom stereocenters. The van der Waals surface area contributed by atoms with Gasteiger partial charge < -0.3 is 9.47 Å². The van der Waals surface area contributed by atoms with Crippen LogP contribution in [-0.2, 0) is 19.5 Å². The van der Waals surface area contributed by atoms with E-state index in [2.05, 4.69) is 0 Å². The van der Waals surface area contributed by atoms with Crippen LogP contribution in [-0.4, -0.2) is 44.8 Å². The molecule has 0 N–H and O–H groups in total. The van der Waals surface area contributed by atoms with Gasteiger partial charge in [0.2, 0.25) is 0 Å². The first kappa shape index (κ1) is 14.7. The maximum absolute atomic E-state index is 12.6. The van der Waals surface area contributed by atoms with Crippen LogP contribution in [0.5, 0.6) is 0 Å². The average molecular weight is 338 g/mol. The number of aryl methyl sites for hydroxylation is 1. The second-order valence-corrected chi connectivity index (χ2v) is 8.85. The molecule has 2 aliphatic heterocycles. The molecule has 20 heavy (non-hydrogen) atoms. The van der Waals surface area contributed by atoms with Crippen molar-refractivity contribution in [3.8, 4) is 0 Å². The Labute approximate surface area is 127 Å². The molecule has 8 heteroatoms. The maximum atomic E-state index is 12.6. The molecular weight excluding hydrogens is 322 g/mol. The largest absolute Gasteiger partial charge is 0.347 e. The van der Waals surface area contributed by atoms with Gasteiger partial charge in [-0.25, -0.2) is 8.42 Å². The summed E-state index contributed by atoms with van der Waals surface area (Å²) in [6, 6.07) is 1.63. The van der Waals surface area contributed by atoms with Crippen molar-refractivity contribution < 1.29 is 17.9 Å². The smallest absolute Gasteiger partial charge is 0.252 e. The normalized spacial score (nSPS) is 23.5. The fourth-order valence-electron chi connectivity index (χ4n) is 2.54. The number of piperidine rings is 1. The SMILES string of the molecule is Cc1cc(S(=O)(=O)N2CCC3(CC2)OCCO3)sc1Cl. The standard InChI is InChI=1S/C12H16ClNO4S2/c1-9-8-10(19-11(9)13)20(15,16)14-4-2-12(3-5-14)17-6-7-18-12/h8H,2-7H2,1H3. The lowest BCUT2D eigenvalue weighted by atomic mass is 10.1. The summed E-state index contributed by atoms with van der Waals surface area (Å²) in [5.41, 5.74) is 0.797. The average Bonchev–Trinajstić information content (AvgIpc) is 2.99. The van der Waals surface area contributed by atoms with Crippen LogP contribution in [0, 0.1) is 6.92 Å². The molecule has 112 valence electrons. The van der Waals surface area contributed by atoms with E-state index in [1.165, 1.54) is 4.31 Å². The molecule has 3 heterocycles. The summed E-state index contributed by atoms with van der Waals surface area (Å²) in [6.07, 6.45) is 1.15. The third-order valence-corrected chi connectivity index (χ3v) is 7.63. The van der Waals surface area contributed by atoms with Crippen molar-refractivity contribution in [1.82, 2.24) is 4.31 Å². The van der Waals surface area contributed by atoms with Crippen molar-refractivity contribution in [2.75, 3.05) is 26.3 Å². The van der Waals surface area contributed by atoms with Crippen LogP contribution in [0.25, 0.3) is 0 Å². The van der Waals surface area contributed by atoms with Crippen molar-refractivity contribution in [3.63, 3.8) is 0 Å². The van der Waals surface area contributed by atoms with Gasteiger partial charge in [-0.05, 0) is 18.6 Å². The molecule has 2 saturated heterocycles. The molecule has 0 bridgehead atoms. The molecule has 0 aromatic carbocycles. The van der Waals surface area contributed by atoms with E-state index in [1.807, 2.05) is 6.92 Å². The summed E-state index contributed by atoms with van der Waals surface area (Å²) in [5, 5.41) is 0. The van der Waals surface area contributed by atoms with Crippen molar-refractivity contribution in [1.29, 1.82) is 0 Å². The van der Waals surface area contributed by atoms with Crippen LogP contribution >= 0.6 is 22.9 Å². The minimum atomic E-state index is -3.45. The predicted octanol–water partition coefficient (Wildman–Crippen LogP) is 2.24. The molecule has 2 fully saturated rings. The zero-order chi connectivity index (χ0) is 14.4. The first-order valence-corrected chi connectivity index (χ1v) is 9.10. The predicted molar refractivity (Wildman–Crippen MR) is 76.7 cm³/mol. The quantitative estimate of drug-likeness (QED) is 0.830. The summed E-state index contributed by atoms with van der Waals surface area (Å²) in [5.74, 6) is -0.560.